The van der Waals surface area contributed by atoms with Crippen LogP contribution < -0.4 is 9.47 Å². The minimum Gasteiger partial charge on any atom is -0.503 e. The maximum Gasteiger partial charge on any atom is 0.253 e. The molecule has 25 heavy (non-hydrogen) atoms. The summed E-state index contributed by atoms with van der Waals surface area (Å²) in [6.07, 6.45) is 0. The van der Waals surface area contributed by atoms with Gasteiger partial charge in [-0.3, -0.25) is 4.79 Å². The average Bonchev–Trinajstić information content (AvgIpc) is 2.58. The normalized spacial score (nSPS) is 10.4. The minimum atomic E-state index is -0.226. The Bertz CT molecular complexity index is 748. The van der Waals surface area contributed by atoms with Gasteiger partial charge in [-0.25, -0.2) is 0 Å². The van der Waals surface area contributed by atoms with Crippen LogP contribution in [0.3, 0.4) is 0 Å². The zero-order valence-electron chi connectivity index (χ0n) is 14.6. The van der Waals surface area contributed by atoms with E-state index in [0.29, 0.717) is 25.3 Å². The van der Waals surface area contributed by atoms with Crippen LogP contribution in [0.1, 0.15) is 22.8 Å². The molecule has 2 rings (SSSR count). The lowest BCUT2D eigenvalue weighted by molar-refractivity contribution is 0.0773. The maximum atomic E-state index is 12.5. The van der Waals surface area contributed by atoms with Crippen LogP contribution in [0.4, 0.5) is 0 Å². The van der Waals surface area contributed by atoms with Crippen LogP contribution in [0.2, 0.25) is 5.02 Å². The summed E-state index contributed by atoms with van der Waals surface area (Å²) in [5.41, 5.74) is 1.47. The fraction of sp³-hybridized carbons (Fsp3) is 0.316. The fourth-order valence-electron chi connectivity index (χ4n) is 2.29. The third-order valence-corrected chi connectivity index (χ3v) is 3.90. The molecule has 1 amide bonds. The Balaban J connectivity index is 1.99. The van der Waals surface area contributed by atoms with Gasteiger partial charge >= 0.3 is 0 Å². The van der Waals surface area contributed by atoms with Gasteiger partial charge in [-0.1, -0.05) is 23.7 Å². The van der Waals surface area contributed by atoms with E-state index in [1.807, 2.05) is 31.2 Å². The van der Waals surface area contributed by atoms with Crippen LogP contribution in [0.25, 0.3) is 0 Å². The van der Waals surface area contributed by atoms with Gasteiger partial charge in [-0.05, 0) is 43.7 Å². The van der Waals surface area contributed by atoms with Crippen LogP contribution in [-0.4, -0.2) is 42.7 Å². The molecule has 0 saturated heterocycles. The van der Waals surface area contributed by atoms with Crippen molar-refractivity contribution >= 4 is 17.5 Å². The highest BCUT2D eigenvalue weighted by Crippen LogP contribution is 2.35. The number of hydrogen-bond donors (Lipinski definition) is 1. The summed E-state index contributed by atoms with van der Waals surface area (Å²) in [5, 5.41) is 9.94. The molecule has 2 aromatic rings. The van der Waals surface area contributed by atoms with E-state index >= 15 is 0 Å². The lowest BCUT2D eigenvalue weighted by Gasteiger charge is -2.18. The quantitative estimate of drug-likeness (QED) is 0.810. The van der Waals surface area contributed by atoms with Gasteiger partial charge in [0.1, 0.15) is 12.4 Å². The summed E-state index contributed by atoms with van der Waals surface area (Å²) >= 11 is 5.98. The molecule has 0 radical (unpaired) electrons. The number of benzene rings is 2. The molecular formula is C19H22ClNO4. The maximum absolute atomic E-state index is 12.5. The third kappa shape index (κ3) is 5.03. The molecule has 0 fully saturated rings. The van der Waals surface area contributed by atoms with Crippen LogP contribution in [-0.2, 0) is 0 Å². The van der Waals surface area contributed by atoms with Gasteiger partial charge in [0.15, 0.2) is 11.5 Å². The van der Waals surface area contributed by atoms with Gasteiger partial charge in [-0.15, -0.1) is 0 Å². The van der Waals surface area contributed by atoms with Crippen LogP contribution in [0.15, 0.2) is 36.4 Å². The molecule has 0 heterocycles. The molecule has 5 nitrogen and oxygen atoms in total. The lowest BCUT2D eigenvalue weighted by Crippen LogP contribution is -2.30. The van der Waals surface area contributed by atoms with Gasteiger partial charge in [0, 0.05) is 12.6 Å². The molecule has 134 valence electrons. The number of aromatic hydroxyl groups is 1. The Kier molecular flexibility index (Phi) is 6.53. The fourth-order valence-corrected chi connectivity index (χ4v) is 2.50. The van der Waals surface area contributed by atoms with Gasteiger partial charge in [-0.2, -0.15) is 0 Å². The summed E-state index contributed by atoms with van der Waals surface area (Å²) in [7, 11) is 1.68. The molecule has 0 saturated carbocycles. The van der Waals surface area contributed by atoms with Crippen molar-refractivity contribution < 1.29 is 19.4 Å². The number of phenols is 1. The monoisotopic (exact) mass is 363 g/mol. The van der Waals surface area contributed by atoms with E-state index in [9.17, 15) is 9.90 Å². The van der Waals surface area contributed by atoms with Gasteiger partial charge in [0.2, 0.25) is 0 Å². The molecule has 0 bridgehead atoms. The Morgan fingerprint density at radius 1 is 1.24 bits per heavy atom. The lowest BCUT2D eigenvalue weighted by atomic mass is 10.1. The number of carbonyl (C=O) groups is 1. The SMILES string of the molecule is CCOc1cc(C(=O)N(C)CCOc2cccc(C)c2)cc(Cl)c1O. The van der Waals surface area contributed by atoms with Crippen molar-refractivity contribution in [1.29, 1.82) is 0 Å². The van der Waals surface area contributed by atoms with Gasteiger partial charge < -0.3 is 19.5 Å². The standard InChI is InChI=1S/C19H22ClNO4/c1-4-24-17-12-14(11-16(20)18(17)22)19(23)21(3)8-9-25-15-7-5-6-13(2)10-15/h5-7,10-12,22H,4,8-9H2,1-3H3. The second kappa shape index (κ2) is 8.62. The van der Waals surface area contributed by atoms with Crippen LogP contribution in [0, 0.1) is 6.92 Å². The van der Waals surface area contributed by atoms with E-state index in [2.05, 4.69) is 0 Å². The molecule has 0 aliphatic carbocycles. The van der Waals surface area contributed by atoms with E-state index in [4.69, 9.17) is 21.1 Å². The second-order valence-electron chi connectivity index (χ2n) is 5.63. The van der Waals surface area contributed by atoms with E-state index < -0.39 is 0 Å². The Hall–Kier alpha value is -2.40. The number of ether oxygens (including phenoxy) is 2. The zero-order chi connectivity index (χ0) is 18.4. The highest BCUT2D eigenvalue weighted by Gasteiger charge is 2.17. The Morgan fingerprint density at radius 3 is 2.68 bits per heavy atom. The predicted octanol–water partition coefficient (Wildman–Crippen LogP) is 3.90. The number of carbonyl (C=O) groups excluding carboxylic acids is 1. The van der Waals surface area contributed by atoms with E-state index in [1.54, 1.807) is 14.0 Å². The Labute approximate surface area is 152 Å². The van der Waals surface area contributed by atoms with Crippen LogP contribution >= 0.6 is 11.6 Å². The van der Waals surface area contributed by atoms with Crippen molar-refractivity contribution in [3.05, 3.63) is 52.5 Å². The molecule has 0 atom stereocenters. The van der Waals surface area contributed by atoms with Crippen molar-refractivity contribution in [2.45, 2.75) is 13.8 Å². The number of halogens is 1. The number of likely N-dealkylation sites (N-methyl/N-ethyl adjacent to an activating group) is 1. The summed E-state index contributed by atoms with van der Waals surface area (Å²) in [6, 6.07) is 10.7. The topological polar surface area (TPSA) is 59.0 Å². The second-order valence-corrected chi connectivity index (χ2v) is 6.04. The van der Waals surface area contributed by atoms with Gasteiger partial charge in [0.25, 0.3) is 5.91 Å². The molecule has 1 N–H and O–H groups in total. The number of amides is 1. The first-order valence-electron chi connectivity index (χ1n) is 8.02. The minimum absolute atomic E-state index is 0.0821. The summed E-state index contributed by atoms with van der Waals surface area (Å²) in [5.74, 6) is 0.580. The predicted molar refractivity (Wildman–Crippen MR) is 97.9 cm³/mol. The van der Waals surface area contributed by atoms with Crippen molar-refractivity contribution in [3.8, 4) is 17.2 Å². The van der Waals surface area contributed by atoms with Crippen molar-refractivity contribution in [2.24, 2.45) is 0 Å². The van der Waals surface area contributed by atoms with Crippen molar-refractivity contribution in [2.75, 3.05) is 26.8 Å². The highest BCUT2D eigenvalue weighted by molar-refractivity contribution is 6.32. The molecule has 2 aromatic carbocycles. The Morgan fingerprint density at radius 2 is 2.00 bits per heavy atom. The highest BCUT2D eigenvalue weighted by atomic mass is 35.5. The largest absolute Gasteiger partial charge is 0.503 e. The molecular weight excluding hydrogens is 342 g/mol. The first-order chi connectivity index (χ1) is 11.9. The molecule has 0 aromatic heterocycles. The first kappa shape index (κ1) is 18.9. The number of rotatable bonds is 7. The van der Waals surface area contributed by atoms with Crippen molar-refractivity contribution in [3.63, 3.8) is 0 Å². The third-order valence-electron chi connectivity index (χ3n) is 3.61. The first-order valence-corrected chi connectivity index (χ1v) is 8.40. The van der Waals surface area contributed by atoms with Crippen molar-refractivity contribution in [1.82, 2.24) is 4.90 Å². The number of nitrogens with zero attached hydrogens (tertiary/aromatic N) is 1. The molecule has 0 aliphatic heterocycles. The number of hydrogen-bond acceptors (Lipinski definition) is 4. The summed E-state index contributed by atoms with van der Waals surface area (Å²) in [4.78, 5) is 14.1. The average molecular weight is 364 g/mol. The van der Waals surface area contributed by atoms with E-state index in [0.717, 1.165) is 11.3 Å². The molecule has 0 unspecified atom stereocenters. The number of phenolic OH excluding ortho intramolecular Hbond substituents is 1. The summed E-state index contributed by atoms with van der Waals surface area (Å²) in [6.45, 7) is 4.93. The zero-order valence-corrected chi connectivity index (χ0v) is 15.3. The molecule has 0 spiro atoms. The van der Waals surface area contributed by atoms with E-state index in [-0.39, 0.29) is 22.4 Å². The van der Waals surface area contributed by atoms with Gasteiger partial charge in [0.05, 0.1) is 18.2 Å². The smallest absolute Gasteiger partial charge is 0.253 e. The number of aryl methyl sites for hydroxylation is 1. The molecule has 0 aliphatic rings. The molecule has 6 heteroatoms. The van der Waals surface area contributed by atoms with Crippen LogP contribution in [0.5, 0.6) is 17.2 Å². The van der Waals surface area contributed by atoms with E-state index in [1.165, 1.54) is 17.0 Å². The summed E-state index contributed by atoms with van der Waals surface area (Å²) < 4.78 is 11.0.